The minimum Gasteiger partial charge on any atom is -0.325 e. The van der Waals surface area contributed by atoms with Crippen molar-refractivity contribution in [3.8, 4) is 0 Å². The summed E-state index contributed by atoms with van der Waals surface area (Å²) in [4.78, 5) is 37.2. The quantitative estimate of drug-likeness (QED) is 0.875. The summed E-state index contributed by atoms with van der Waals surface area (Å²) in [7, 11) is 0. The van der Waals surface area contributed by atoms with Gasteiger partial charge in [0.1, 0.15) is 12.4 Å². The number of benzene rings is 1. The summed E-state index contributed by atoms with van der Waals surface area (Å²) >= 11 is 2.97. The largest absolute Gasteiger partial charge is 0.328 e. The maximum absolute atomic E-state index is 12.7. The Morgan fingerprint density at radius 1 is 1.30 bits per heavy atom. The first-order valence-electron chi connectivity index (χ1n) is 5.51. The Morgan fingerprint density at radius 2 is 1.95 bits per heavy atom. The summed E-state index contributed by atoms with van der Waals surface area (Å²) in [5.41, 5.74) is -0.925. The van der Waals surface area contributed by atoms with Crippen molar-refractivity contribution in [1.29, 1.82) is 0 Å². The monoisotopic (exact) mass is 341 g/mol. The van der Waals surface area contributed by atoms with Gasteiger partial charge in [0.15, 0.2) is 0 Å². The van der Waals surface area contributed by atoms with E-state index in [1.54, 1.807) is 0 Å². The maximum Gasteiger partial charge on any atom is 0.328 e. The van der Waals surface area contributed by atoms with Crippen LogP contribution in [0.4, 0.5) is 10.1 Å². The molecule has 2 aromatic rings. The summed E-state index contributed by atoms with van der Waals surface area (Å²) in [6, 6.07) is 5.13. The lowest BCUT2D eigenvalue weighted by atomic mass is 10.3. The number of carbonyl (C=O) groups is 1. The molecule has 0 saturated carbocycles. The highest BCUT2D eigenvalue weighted by atomic mass is 79.9. The molecule has 1 aromatic heterocycles. The lowest BCUT2D eigenvalue weighted by molar-refractivity contribution is -0.116. The molecule has 1 amide bonds. The fourth-order valence-electron chi connectivity index (χ4n) is 1.51. The fraction of sp³-hybridized carbons (Fsp3) is 0.0833. The van der Waals surface area contributed by atoms with Crippen LogP contribution in [0.2, 0.25) is 0 Å². The Kier molecular flexibility index (Phi) is 4.14. The van der Waals surface area contributed by atoms with Gasteiger partial charge in [-0.3, -0.25) is 9.59 Å². The van der Waals surface area contributed by atoms with Crippen LogP contribution in [0, 0.1) is 5.82 Å². The number of hydrogen-bond donors (Lipinski definition) is 2. The van der Waals surface area contributed by atoms with Crippen molar-refractivity contribution in [3.05, 3.63) is 61.6 Å². The van der Waals surface area contributed by atoms with Crippen LogP contribution in [-0.4, -0.2) is 15.5 Å². The lowest BCUT2D eigenvalue weighted by Crippen LogP contribution is -2.38. The number of nitrogens with one attached hydrogen (secondary N) is 2. The van der Waals surface area contributed by atoms with Crippen LogP contribution >= 0.6 is 15.9 Å². The molecule has 0 radical (unpaired) electrons. The summed E-state index contributed by atoms with van der Waals surface area (Å²) in [5, 5.41) is 2.46. The number of anilines is 1. The van der Waals surface area contributed by atoms with E-state index < -0.39 is 29.5 Å². The van der Waals surface area contributed by atoms with E-state index >= 15 is 0 Å². The van der Waals surface area contributed by atoms with Crippen LogP contribution in [0.15, 0.2) is 44.5 Å². The maximum atomic E-state index is 12.7. The van der Waals surface area contributed by atoms with Gasteiger partial charge in [0.05, 0.1) is 4.47 Å². The van der Waals surface area contributed by atoms with Crippen molar-refractivity contribution in [1.82, 2.24) is 9.55 Å². The van der Waals surface area contributed by atoms with Gasteiger partial charge in [-0.25, -0.2) is 13.8 Å². The first-order chi connectivity index (χ1) is 9.47. The van der Waals surface area contributed by atoms with Gasteiger partial charge < -0.3 is 10.3 Å². The SMILES string of the molecule is O=C(Cn1c(=O)[nH]cc(Br)c1=O)Nc1ccc(F)cc1. The highest BCUT2D eigenvalue weighted by Gasteiger charge is 2.10. The molecular formula is C12H9BrFN3O3. The molecule has 0 bridgehead atoms. The van der Waals surface area contributed by atoms with Gasteiger partial charge in [-0.2, -0.15) is 0 Å². The van der Waals surface area contributed by atoms with Crippen LogP contribution < -0.4 is 16.6 Å². The molecule has 0 spiro atoms. The van der Waals surface area contributed by atoms with E-state index in [4.69, 9.17) is 0 Å². The number of rotatable bonds is 3. The van der Waals surface area contributed by atoms with Gasteiger partial charge in [0, 0.05) is 11.9 Å². The molecule has 0 aliphatic carbocycles. The first kappa shape index (κ1) is 14.2. The Labute approximate surface area is 120 Å². The highest BCUT2D eigenvalue weighted by molar-refractivity contribution is 9.10. The van der Waals surface area contributed by atoms with E-state index in [0.717, 1.165) is 4.57 Å². The van der Waals surface area contributed by atoms with Crippen molar-refractivity contribution < 1.29 is 9.18 Å². The molecule has 0 fully saturated rings. The molecule has 2 rings (SSSR count). The average molecular weight is 342 g/mol. The third-order valence-electron chi connectivity index (χ3n) is 2.45. The predicted octanol–water partition coefficient (Wildman–Crippen LogP) is 1.08. The number of H-pyrrole nitrogens is 1. The summed E-state index contributed by atoms with van der Waals surface area (Å²) in [6.07, 6.45) is 1.21. The standard InChI is InChI=1S/C12H9BrFN3O3/c13-9-5-15-12(20)17(11(9)19)6-10(18)16-8-3-1-7(14)2-4-8/h1-5H,6H2,(H,15,20)(H,16,18). The van der Waals surface area contributed by atoms with Crippen molar-refractivity contribution in [2.75, 3.05) is 5.32 Å². The number of nitrogens with zero attached hydrogens (tertiary/aromatic N) is 1. The Balaban J connectivity index is 2.17. The topological polar surface area (TPSA) is 84.0 Å². The first-order valence-corrected chi connectivity index (χ1v) is 6.30. The van der Waals surface area contributed by atoms with E-state index in [-0.39, 0.29) is 4.47 Å². The number of aromatic nitrogens is 2. The minimum atomic E-state index is -0.688. The Hall–Kier alpha value is -2.22. The van der Waals surface area contributed by atoms with Crippen LogP contribution in [0.25, 0.3) is 0 Å². The van der Waals surface area contributed by atoms with Crippen LogP contribution in [0.5, 0.6) is 0 Å². The second-order valence-corrected chi connectivity index (χ2v) is 4.74. The number of hydrogen-bond acceptors (Lipinski definition) is 3. The van der Waals surface area contributed by atoms with E-state index in [9.17, 15) is 18.8 Å². The number of carbonyl (C=O) groups excluding carboxylic acids is 1. The number of amides is 1. The average Bonchev–Trinajstić information content (AvgIpc) is 2.42. The van der Waals surface area contributed by atoms with Gasteiger partial charge >= 0.3 is 5.69 Å². The van der Waals surface area contributed by atoms with Gasteiger partial charge in [-0.1, -0.05) is 0 Å². The van der Waals surface area contributed by atoms with E-state index in [2.05, 4.69) is 26.2 Å². The van der Waals surface area contributed by atoms with Crippen LogP contribution in [0.1, 0.15) is 0 Å². The van der Waals surface area contributed by atoms with Crippen molar-refractivity contribution in [2.24, 2.45) is 0 Å². The van der Waals surface area contributed by atoms with Crippen molar-refractivity contribution in [2.45, 2.75) is 6.54 Å². The molecule has 0 unspecified atom stereocenters. The zero-order valence-corrected chi connectivity index (χ0v) is 11.6. The zero-order chi connectivity index (χ0) is 14.7. The van der Waals surface area contributed by atoms with Crippen LogP contribution in [0.3, 0.4) is 0 Å². The molecule has 1 aromatic carbocycles. The second kappa shape index (κ2) is 5.83. The molecule has 0 aliphatic rings. The van der Waals surface area contributed by atoms with E-state index in [1.807, 2.05) is 0 Å². The molecule has 20 heavy (non-hydrogen) atoms. The Bertz CT molecular complexity index is 752. The lowest BCUT2D eigenvalue weighted by Gasteiger charge is -2.06. The van der Waals surface area contributed by atoms with Crippen LogP contribution in [-0.2, 0) is 11.3 Å². The Morgan fingerprint density at radius 3 is 2.60 bits per heavy atom. The highest BCUT2D eigenvalue weighted by Crippen LogP contribution is 2.08. The molecule has 0 atom stereocenters. The normalized spacial score (nSPS) is 10.3. The molecule has 104 valence electrons. The van der Waals surface area contributed by atoms with Gasteiger partial charge in [0.25, 0.3) is 5.56 Å². The molecule has 6 nitrogen and oxygen atoms in total. The molecule has 0 aliphatic heterocycles. The minimum absolute atomic E-state index is 0.145. The van der Waals surface area contributed by atoms with Gasteiger partial charge in [-0.05, 0) is 40.2 Å². The molecule has 1 heterocycles. The smallest absolute Gasteiger partial charge is 0.325 e. The molecule has 2 N–H and O–H groups in total. The third kappa shape index (κ3) is 3.21. The van der Waals surface area contributed by atoms with Crippen molar-refractivity contribution in [3.63, 3.8) is 0 Å². The van der Waals surface area contributed by atoms with Gasteiger partial charge in [0.2, 0.25) is 5.91 Å². The summed E-state index contributed by atoms with van der Waals surface area (Å²) in [5.74, 6) is -0.995. The van der Waals surface area contributed by atoms with Crippen molar-refractivity contribution >= 4 is 27.5 Å². The van der Waals surface area contributed by atoms with E-state index in [1.165, 1.54) is 30.5 Å². The summed E-state index contributed by atoms with van der Waals surface area (Å²) < 4.78 is 13.6. The zero-order valence-electron chi connectivity index (χ0n) is 10.0. The van der Waals surface area contributed by atoms with E-state index in [0.29, 0.717) is 5.69 Å². The number of aromatic amines is 1. The second-order valence-electron chi connectivity index (χ2n) is 3.89. The third-order valence-corrected chi connectivity index (χ3v) is 3.01. The molecular weight excluding hydrogens is 333 g/mol. The molecule has 0 saturated heterocycles. The summed E-state index contributed by atoms with van der Waals surface area (Å²) in [6.45, 7) is -0.440. The molecule has 8 heteroatoms. The number of halogens is 2. The predicted molar refractivity (Wildman–Crippen MR) is 74.1 cm³/mol. The fourth-order valence-corrected chi connectivity index (χ4v) is 1.84. The van der Waals surface area contributed by atoms with Gasteiger partial charge in [-0.15, -0.1) is 0 Å².